The van der Waals surface area contributed by atoms with Crippen LogP contribution >= 0.6 is 0 Å². The van der Waals surface area contributed by atoms with Crippen molar-refractivity contribution in [1.82, 2.24) is 10.2 Å². The maximum Gasteiger partial charge on any atom is 0.228 e. The van der Waals surface area contributed by atoms with Crippen molar-refractivity contribution in [3.8, 4) is 0 Å². The largest absolute Gasteiger partial charge is 0.371 e. The zero-order chi connectivity index (χ0) is 10.3. The minimum Gasteiger partial charge on any atom is -0.371 e. The number of nitrogens with zero attached hydrogens (tertiary/aromatic N) is 1. The molecule has 0 aromatic heterocycles. The second-order valence-corrected chi connectivity index (χ2v) is 4.83. The summed E-state index contributed by atoms with van der Waals surface area (Å²) >= 11 is 0. The van der Waals surface area contributed by atoms with Gasteiger partial charge in [-0.3, -0.25) is 4.79 Å². The Labute approximate surface area is 90.0 Å². The number of nitrogens with one attached hydrogen (secondary N) is 1. The summed E-state index contributed by atoms with van der Waals surface area (Å²) in [6, 6.07) is 0. The van der Waals surface area contributed by atoms with Crippen molar-refractivity contribution >= 4 is 5.91 Å². The van der Waals surface area contributed by atoms with Crippen molar-refractivity contribution in [2.45, 2.75) is 31.5 Å². The van der Waals surface area contributed by atoms with Crippen LogP contribution in [0.4, 0.5) is 0 Å². The number of rotatable bonds is 1. The Bertz CT molecular complexity index is 263. The van der Waals surface area contributed by atoms with Gasteiger partial charge in [-0.25, -0.2) is 0 Å². The monoisotopic (exact) mass is 210 g/mol. The first kappa shape index (κ1) is 9.60. The molecule has 3 fully saturated rings. The smallest absolute Gasteiger partial charge is 0.228 e. The van der Waals surface area contributed by atoms with E-state index in [1.165, 1.54) is 12.8 Å². The molecule has 1 amide bonds. The third-order valence-corrected chi connectivity index (χ3v) is 3.79. The first-order chi connectivity index (χ1) is 7.34. The molecule has 3 saturated heterocycles. The van der Waals surface area contributed by atoms with Gasteiger partial charge in [-0.1, -0.05) is 0 Å². The fourth-order valence-electron chi connectivity index (χ4n) is 2.97. The van der Waals surface area contributed by atoms with Crippen LogP contribution in [0.15, 0.2) is 0 Å². The average Bonchev–Trinajstić information content (AvgIpc) is 2.86. The first-order valence-electron chi connectivity index (χ1n) is 5.99. The highest BCUT2D eigenvalue weighted by molar-refractivity contribution is 5.80. The van der Waals surface area contributed by atoms with Crippen LogP contribution in [0.1, 0.15) is 19.3 Å². The first-order valence-corrected chi connectivity index (χ1v) is 5.99. The van der Waals surface area contributed by atoms with E-state index in [1.807, 2.05) is 4.90 Å². The minimum atomic E-state index is 0.128. The standard InChI is InChI=1S/C11H18N2O2/c14-11(13-3-1-2-4-13)9-5-8-6-12-7-10(9)15-8/h8-10,12H,1-7H2/t8-,9+,10-/m0/s1. The molecule has 0 radical (unpaired) electrons. The third-order valence-electron chi connectivity index (χ3n) is 3.79. The normalized spacial score (nSPS) is 39.7. The van der Waals surface area contributed by atoms with Crippen LogP contribution in [-0.4, -0.2) is 49.2 Å². The molecule has 4 heteroatoms. The molecule has 3 aliphatic heterocycles. The molecule has 1 N–H and O–H groups in total. The summed E-state index contributed by atoms with van der Waals surface area (Å²) in [5.41, 5.74) is 0. The van der Waals surface area contributed by atoms with E-state index in [1.54, 1.807) is 0 Å². The molecule has 3 aliphatic rings. The Hall–Kier alpha value is -0.610. The van der Waals surface area contributed by atoms with Crippen LogP contribution < -0.4 is 5.32 Å². The van der Waals surface area contributed by atoms with E-state index in [2.05, 4.69) is 5.32 Å². The predicted molar refractivity (Wildman–Crippen MR) is 55.5 cm³/mol. The second-order valence-electron chi connectivity index (χ2n) is 4.83. The summed E-state index contributed by atoms with van der Waals surface area (Å²) in [5, 5.41) is 3.33. The van der Waals surface area contributed by atoms with Gasteiger partial charge in [0.05, 0.1) is 18.1 Å². The summed E-state index contributed by atoms with van der Waals surface area (Å²) in [6.45, 7) is 3.68. The maximum absolute atomic E-state index is 12.2. The molecule has 15 heavy (non-hydrogen) atoms. The lowest BCUT2D eigenvalue weighted by Crippen LogP contribution is -2.43. The number of morpholine rings is 1. The van der Waals surface area contributed by atoms with Crippen molar-refractivity contribution in [3.05, 3.63) is 0 Å². The van der Waals surface area contributed by atoms with Crippen molar-refractivity contribution in [1.29, 1.82) is 0 Å². The summed E-state index contributed by atoms with van der Waals surface area (Å²) in [6.07, 6.45) is 3.68. The lowest BCUT2D eigenvalue weighted by molar-refractivity contribution is -0.136. The molecular weight excluding hydrogens is 192 g/mol. The maximum atomic E-state index is 12.2. The predicted octanol–water partition coefficient (Wildman–Crippen LogP) is -0.0143. The highest BCUT2D eigenvalue weighted by atomic mass is 16.5. The van der Waals surface area contributed by atoms with E-state index in [4.69, 9.17) is 4.74 Å². The zero-order valence-corrected chi connectivity index (χ0v) is 8.95. The van der Waals surface area contributed by atoms with E-state index < -0.39 is 0 Å². The van der Waals surface area contributed by atoms with Crippen LogP contribution in [0.25, 0.3) is 0 Å². The molecule has 0 aromatic rings. The van der Waals surface area contributed by atoms with Crippen LogP contribution in [-0.2, 0) is 9.53 Å². The van der Waals surface area contributed by atoms with E-state index in [0.29, 0.717) is 5.91 Å². The number of likely N-dealkylation sites (tertiary alicyclic amines) is 1. The van der Waals surface area contributed by atoms with Gasteiger partial charge in [0.2, 0.25) is 5.91 Å². The van der Waals surface area contributed by atoms with Gasteiger partial charge in [0.15, 0.2) is 0 Å². The SMILES string of the molecule is O=C([C@@H]1C[C@H]2CNC[C@@H]1O2)N1CCCC1. The van der Waals surface area contributed by atoms with E-state index in [9.17, 15) is 4.79 Å². The molecule has 0 saturated carbocycles. The van der Waals surface area contributed by atoms with Gasteiger partial charge < -0.3 is 15.0 Å². The molecule has 3 rings (SSSR count). The Morgan fingerprint density at radius 1 is 1.27 bits per heavy atom. The number of ether oxygens (including phenoxy) is 1. The molecule has 0 spiro atoms. The highest BCUT2D eigenvalue weighted by Crippen LogP contribution is 2.31. The molecule has 4 nitrogen and oxygen atoms in total. The second kappa shape index (κ2) is 3.76. The lowest BCUT2D eigenvalue weighted by atomic mass is 9.99. The van der Waals surface area contributed by atoms with Gasteiger partial charge in [0.25, 0.3) is 0 Å². The van der Waals surface area contributed by atoms with Crippen molar-refractivity contribution < 1.29 is 9.53 Å². The average molecular weight is 210 g/mol. The van der Waals surface area contributed by atoms with Crippen LogP contribution in [0.2, 0.25) is 0 Å². The van der Waals surface area contributed by atoms with Crippen molar-refractivity contribution in [2.24, 2.45) is 5.92 Å². The molecule has 0 aliphatic carbocycles. The molecular formula is C11H18N2O2. The zero-order valence-electron chi connectivity index (χ0n) is 8.95. The van der Waals surface area contributed by atoms with Gasteiger partial charge in [-0.05, 0) is 19.3 Å². The van der Waals surface area contributed by atoms with E-state index in [0.717, 1.165) is 32.6 Å². The van der Waals surface area contributed by atoms with Gasteiger partial charge >= 0.3 is 0 Å². The number of amides is 1. The van der Waals surface area contributed by atoms with E-state index in [-0.39, 0.29) is 18.1 Å². The fourth-order valence-corrected chi connectivity index (χ4v) is 2.97. The fraction of sp³-hybridized carbons (Fsp3) is 0.909. The Balaban J connectivity index is 1.68. The molecule has 2 bridgehead atoms. The Morgan fingerprint density at radius 2 is 2.07 bits per heavy atom. The van der Waals surface area contributed by atoms with Gasteiger partial charge in [-0.15, -0.1) is 0 Å². The van der Waals surface area contributed by atoms with Crippen LogP contribution in [0.5, 0.6) is 0 Å². The topological polar surface area (TPSA) is 41.6 Å². The molecule has 3 heterocycles. The van der Waals surface area contributed by atoms with Gasteiger partial charge in [-0.2, -0.15) is 0 Å². The molecule has 0 aromatic carbocycles. The van der Waals surface area contributed by atoms with Crippen LogP contribution in [0.3, 0.4) is 0 Å². The van der Waals surface area contributed by atoms with Crippen LogP contribution in [0, 0.1) is 5.92 Å². The molecule has 0 unspecified atom stereocenters. The minimum absolute atomic E-state index is 0.128. The third kappa shape index (κ3) is 1.66. The van der Waals surface area contributed by atoms with E-state index >= 15 is 0 Å². The Morgan fingerprint density at radius 3 is 2.80 bits per heavy atom. The Kier molecular flexibility index (Phi) is 2.41. The summed E-state index contributed by atoms with van der Waals surface area (Å²) in [7, 11) is 0. The number of fused-ring (bicyclic) bond motifs is 2. The van der Waals surface area contributed by atoms with Crippen molar-refractivity contribution in [3.63, 3.8) is 0 Å². The van der Waals surface area contributed by atoms with Gasteiger partial charge in [0.1, 0.15) is 0 Å². The highest BCUT2D eigenvalue weighted by Gasteiger charge is 2.43. The molecule has 84 valence electrons. The number of carbonyl (C=O) groups excluding carboxylic acids is 1. The van der Waals surface area contributed by atoms with Crippen molar-refractivity contribution in [2.75, 3.05) is 26.2 Å². The molecule has 3 atom stereocenters. The number of carbonyl (C=O) groups is 1. The summed E-state index contributed by atoms with van der Waals surface area (Å²) in [5.74, 6) is 0.465. The number of hydrogen-bond donors (Lipinski definition) is 1. The lowest BCUT2D eigenvalue weighted by Gasteiger charge is -2.25. The summed E-state index contributed by atoms with van der Waals surface area (Å²) in [4.78, 5) is 14.2. The quantitative estimate of drug-likeness (QED) is 0.661. The number of hydrogen-bond acceptors (Lipinski definition) is 3. The van der Waals surface area contributed by atoms with Gasteiger partial charge in [0, 0.05) is 26.2 Å². The summed E-state index contributed by atoms with van der Waals surface area (Å²) < 4.78 is 5.78.